The number of ether oxygens (including phenoxy) is 1. The topological polar surface area (TPSA) is 125 Å². The van der Waals surface area contributed by atoms with Crippen LogP contribution in [0.1, 0.15) is 0 Å². The van der Waals surface area contributed by atoms with Gasteiger partial charge in [-0.1, -0.05) is 0 Å². The van der Waals surface area contributed by atoms with Crippen LogP contribution in [-0.2, 0) is 10.0 Å². The van der Waals surface area contributed by atoms with Crippen molar-refractivity contribution in [1.82, 2.24) is 4.98 Å². The fraction of sp³-hybridized carbons (Fsp3) is 0.167. The number of nitrogens with two attached hydrogens (primary N) is 1. The molecule has 1 aromatic heterocycles. The predicted octanol–water partition coefficient (Wildman–Crippen LogP) is 1.14. The Hall–Kier alpha value is -1.22. The van der Waals surface area contributed by atoms with E-state index in [1.807, 2.05) is 0 Å². The number of alkyl halides is 3. The summed E-state index contributed by atoms with van der Waals surface area (Å²) in [5.74, 6) is -2.18. The van der Waals surface area contributed by atoms with Gasteiger partial charge in [-0.2, -0.15) is 0 Å². The Morgan fingerprint density at radius 1 is 1.47 bits per heavy atom. The van der Waals surface area contributed by atoms with Gasteiger partial charge in [-0.25, -0.2) is 13.6 Å². The largest absolute Gasteiger partial charge is 0.573 e. The van der Waals surface area contributed by atoms with Crippen LogP contribution in [0.25, 0.3) is 0 Å². The first-order chi connectivity index (χ1) is 8.42. The Balaban J connectivity index is 3.58. The summed E-state index contributed by atoms with van der Waals surface area (Å²) in [5, 5.41) is 13.8. The van der Waals surface area contributed by atoms with Crippen molar-refractivity contribution >= 4 is 38.4 Å². The average Bonchev–Trinajstić information content (AvgIpc) is 2.16. The second-order valence-corrected chi connectivity index (χ2v) is 5.59. The van der Waals surface area contributed by atoms with Crippen molar-refractivity contribution in [3.8, 4) is 5.75 Å². The van der Waals surface area contributed by atoms with Gasteiger partial charge in [0, 0.05) is 0 Å². The molecule has 13 heteroatoms. The molecule has 2 N–H and O–H groups in total. The number of rotatable bonds is 3. The molecule has 0 spiro atoms. The zero-order valence-electron chi connectivity index (χ0n) is 8.51. The molecule has 1 aromatic rings. The fourth-order valence-corrected chi connectivity index (χ4v) is 2.42. The third-order valence-corrected chi connectivity index (χ3v) is 3.17. The van der Waals surface area contributed by atoms with Crippen molar-refractivity contribution in [3.63, 3.8) is 0 Å². The van der Waals surface area contributed by atoms with Gasteiger partial charge in [-0.3, -0.25) is 0 Å². The summed E-state index contributed by atoms with van der Waals surface area (Å²) in [6.07, 6.45) is -5.20. The maximum Gasteiger partial charge on any atom is 0.573 e. The number of pyridine rings is 1. The smallest absolute Gasteiger partial charge is 0.399 e. The Kier molecular flexibility index (Phi) is 4.20. The van der Waals surface area contributed by atoms with Crippen LogP contribution in [0.3, 0.4) is 0 Å². The molecule has 8 nitrogen and oxygen atoms in total. The lowest BCUT2D eigenvalue weighted by Gasteiger charge is -2.10. The van der Waals surface area contributed by atoms with Crippen LogP contribution < -0.4 is 9.88 Å². The molecule has 0 aromatic carbocycles. The molecule has 1 heterocycles. The summed E-state index contributed by atoms with van der Waals surface area (Å²) < 4.78 is 61.6. The van der Waals surface area contributed by atoms with Gasteiger partial charge in [-0.05, 0) is 32.5 Å². The van der Waals surface area contributed by atoms with E-state index in [0.717, 1.165) is 0 Å². The Morgan fingerprint density at radius 3 is 2.37 bits per heavy atom. The van der Waals surface area contributed by atoms with E-state index in [9.17, 15) is 31.7 Å². The maximum atomic E-state index is 12.1. The maximum absolute atomic E-state index is 12.1. The van der Waals surface area contributed by atoms with Crippen molar-refractivity contribution < 1.29 is 31.2 Å². The van der Waals surface area contributed by atoms with E-state index in [0.29, 0.717) is 6.07 Å². The standard InChI is InChI=1S/C6H3F3IN3O5S/c7-6(8,9)18-4-2(10)1-3(13(14)15)12-5(4)19(11,16)17/h1H,(H2,11,16,17). The first-order valence-corrected chi connectivity index (χ1v) is 6.68. The molecular weight excluding hydrogens is 410 g/mol. The summed E-state index contributed by atoms with van der Waals surface area (Å²) in [5.41, 5.74) is 0. The molecule has 0 saturated heterocycles. The number of hydrogen-bond acceptors (Lipinski definition) is 6. The second kappa shape index (κ2) is 5.04. The third kappa shape index (κ3) is 4.13. The minimum Gasteiger partial charge on any atom is -0.399 e. The summed E-state index contributed by atoms with van der Waals surface area (Å²) in [7, 11) is -4.73. The minimum atomic E-state index is -5.20. The monoisotopic (exact) mass is 413 g/mol. The summed E-state index contributed by atoms with van der Waals surface area (Å²) in [6, 6.07) is 0.621. The van der Waals surface area contributed by atoms with Crippen LogP contribution in [0.2, 0.25) is 0 Å². The van der Waals surface area contributed by atoms with E-state index >= 15 is 0 Å². The molecule has 0 saturated carbocycles. The zero-order valence-corrected chi connectivity index (χ0v) is 11.5. The van der Waals surface area contributed by atoms with Crippen LogP contribution >= 0.6 is 22.6 Å². The molecule has 0 bridgehead atoms. The van der Waals surface area contributed by atoms with Crippen LogP contribution in [0, 0.1) is 13.7 Å². The van der Waals surface area contributed by atoms with Crippen molar-refractivity contribution in [2.24, 2.45) is 5.14 Å². The summed E-state index contributed by atoms with van der Waals surface area (Å²) >= 11 is 1.24. The average molecular weight is 413 g/mol. The minimum absolute atomic E-state index is 0.472. The van der Waals surface area contributed by atoms with Gasteiger partial charge in [0.05, 0.1) is 9.64 Å². The quantitative estimate of drug-likeness (QED) is 0.450. The van der Waals surface area contributed by atoms with Gasteiger partial charge in [0.2, 0.25) is 5.75 Å². The first kappa shape index (κ1) is 15.8. The van der Waals surface area contributed by atoms with Crippen LogP contribution in [0.4, 0.5) is 19.0 Å². The number of primary sulfonamides is 1. The summed E-state index contributed by atoms with van der Waals surface area (Å²) in [6.45, 7) is 0. The second-order valence-electron chi connectivity index (χ2n) is 2.95. The lowest BCUT2D eigenvalue weighted by molar-refractivity contribution is -0.390. The molecule has 0 atom stereocenters. The van der Waals surface area contributed by atoms with Crippen LogP contribution in [0.15, 0.2) is 11.1 Å². The molecule has 19 heavy (non-hydrogen) atoms. The Bertz CT molecular complexity index is 632. The van der Waals surface area contributed by atoms with Gasteiger partial charge >= 0.3 is 17.2 Å². The molecular formula is C6H3F3IN3O5S. The number of sulfonamides is 1. The number of hydrogen-bond donors (Lipinski definition) is 1. The molecule has 0 amide bonds. The van der Waals surface area contributed by atoms with Crippen LogP contribution in [0.5, 0.6) is 5.75 Å². The highest BCUT2D eigenvalue weighted by Crippen LogP contribution is 2.34. The number of nitrogens with zero attached hydrogens (tertiary/aromatic N) is 2. The molecule has 0 aliphatic carbocycles. The lowest BCUT2D eigenvalue weighted by atomic mass is 10.4. The Labute approximate surface area is 117 Å². The zero-order chi connectivity index (χ0) is 15.0. The number of aromatic nitrogens is 1. The normalized spacial score (nSPS) is 12.3. The van der Waals surface area contributed by atoms with Gasteiger partial charge in [0.1, 0.15) is 0 Å². The van der Waals surface area contributed by atoms with Crippen molar-refractivity contribution in [2.75, 3.05) is 0 Å². The number of nitro groups is 1. The van der Waals surface area contributed by atoms with Gasteiger partial charge in [0.25, 0.3) is 10.0 Å². The predicted molar refractivity (Wildman–Crippen MR) is 61.7 cm³/mol. The van der Waals surface area contributed by atoms with Crippen LogP contribution in [-0.4, -0.2) is 24.7 Å². The third-order valence-electron chi connectivity index (χ3n) is 1.56. The van der Waals surface area contributed by atoms with E-state index in [1.165, 1.54) is 22.6 Å². The highest BCUT2D eigenvalue weighted by atomic mass is 127. The molecule has 0 aliphatic heterocycles. The van der Waals surface area contributed by atoms with Crippen molar-refractivity contribution in [2.45, 2.75) is 11.4 Å². The molecule has 0 fully saturated rings. The summed E-state index contributed by atoms with van der Waals surface area (Å²) in [4.78, 5) is 12.3. The number of halogens is 4. The molecule has 0 unspecified atom stereocenters. The van der Waals surface area contributed by atoms with Gasteiger partial charge in [-0.15, -0.1) is 13.2 Å². The molecule has 106 valence electrons. The van der Waals surface area contributed by atoms with Gasteiger partial charge in [0.15, 0.2) is 0 Å². The van der Waals surface area contributed by atoms with E-state index in [1.54, 1.807) is 0 Å². The molecule has 0 radical (unpaired) electrons. The van der Waals surface area contributed by atoms with Crippen molar-refractivity contribution in [1.29, 1.82) is 0 Å². The van der Waals surface area contributed by atoms with E-state index in [2.05, 4.69) is 14.9 Å². The highest BCUT2D eigenvalue weighted by Gasteiger charge is 2.38. The fourth-order valence-electron chi connectivity index (χ4n) is 0.963. The SMILES string of the molecule is NS(=O)(=O)c1nc([N+](=O)[O-])cc(I)c1OC(F)(F)F. The highest BCUT2D eigenvalue weighted by molar-refractivity contribution is 14.1. The molecule has 0 aliphatic rings. The first-order valence-electron chi connectivity index (χ1n) is 4.05. The lowest BCUT2D eigenvalue weighted by Crippen LogP contribution is -2.23. The Morgan fingerprint density at radius 2 is 2.00 bits per heavy atom. The van der Waals surface area contributed by atoms with E-state index in [-0.39, 0.29) is 0 Å². The van der Waals surface area contributed by atoms with E-state index < -0.39 is 41.5 Å². The van der Waals surface area contributed by atoms with Gasteiger partial charge < -0.3 is 14.9 Å². The van der Waals surface area contributed by atoms with Crippen molar-refractivity contribution in [3.05, 3.63) is 19.8 Å². The molecule has 1 rings (SSSR count). The van der Waals surface area contributed by atoms with E-state index in [4.69, 9.17) is 0 Å².